The molecule has 0 spiro atoms. The Hall–Kier alpha value is -1.41. The molecule has 0 aliphatic rings. The van der Waals surface area contributed by atoms with E-state index in [2.05, 4.69) is 34.5 Å². The van der Waals surface area contributed by atoms with Crippen LogP contribution in [-0.2, 0) is 12.0 Å². The standard InChI is InChI=1S/C19H24ClFN4.HI/c1-4-22-18(24-12-15-7-5-6-10-23-15)25-13-19(2,3)16-9-8-14(21)11-17(16)20;/h5-11H,4,12-13H2,1-3H3,(H2,22,24,25);1H. The van der Waals surface area contributed by atoms with Crippen molar-refractivity contribution in [3.05, 3.63) is 64.7 Å². The normalized spacial score (nSPS) is 11.7. The van der Waals surface area contributed by atoms with Gasteiger partial charge in [-0.3, -0.25) is 4.98 Å². The Morgan fingerprint density at radius 3 is 2.62 bits per heavy atom. The van der Waals surface area contributed by atoms with Gasteiger partial charge < -0.3 is 10.6 Å². The Morgan fingerprint density at radius 1 is 1.23 bits per heavy atom. The summed E-state index contributed by atoms with van der Waals surface area (Å²) in [6.45, 7) is 7.98. The SMILES string of the molecule is CCNC(=NCc1ccccn1)NCC(C)(C)c1ccc(F)cc1Cl.I. The van der Waals surface area contributed by atoms with Crippen LogP contribution in [0.25, 0.3) is 0 Å². The first-order valence-electron chi connectivity index (χ1n) is 8.30. The third-order valence-electron chi connectivity index (χ3n) is 3.83. The summed E-state index contributed by atoms with van der Waals surface area (Å²) in [5, 5.41) is 6.98. The minimum Gasteiger partial charge on any atom is -0.357 e. The van der Waals surface area contributed by atoms with Crippen LogP contribution in [0.1, 0.15) is 32.0 Å². The van der Waals surface area contributed by atoms with Gasteiger partial charge in [-0.15, -0.1) is 24.0 Å². The van der Waals surface area contributed by atoms with Gasteiger partial charge in [0, 0.05) is 29.7 Å². The second-order valence-corrected chi connectivity index (χ2v) is 6.79. The predicted octanol–water partition coefficient (Wildman–Crippen LogP) is 4.53. The molecule has 0 fully saturated rings. The molecule has 1 heterocycles. The first-order chi connectivity index (χ1) is 11.9. The summed E-state index contributed by atoms with van der Waals surface area (Å²) >= 11 is 6.21. The molecule has 4 nitrogen and oxygen atoms in total. The highest BCUT2D eigenvalue weighted by Crippen LogP contribution is 2.29. The van der Waals surface area contributed by atoms with Crippen LogP contribution in [0.3, 0.4) is 0 Å². The number of nitrogens with one attached hydrogen (secondary N) is 2. The van der Waals surface area contributed by atoms with Crippen molar-refractivity contribution in [1.82, 2.24) is 15.6 Å². The highest BCUT2D eigenvalue weighted by molar-refractivity contribution is 14.0. The van der Waals surface area contributed by atoms with Crippen molar-refractivity contribution in [3.8, 4) is 0 Å². The number of pyridine rings is 1. The first-order valence-corrected chi connectivity index (χ1v) is 8.68. The smallest absolute Gasteiger partial charge is 0.191 e. The number of hydrogen-bond donors (Lipinski definition) is 2. The second kappa shape index (κ2) is 10.7. The molecule has 0 saturated heterocycles. The van der Waals surface area contributed by atoms with Crippen molar-refractivity contribution in [2.45, 2.75) is 32.7 Å². The fourth-order valence-corrected chi connectivity index (χ4v) is 2.85. The van der Waals surface area contributed by atoms with Crippen LogP contribution in [0, 0.1) is 5.82 Å². The van der Waals surface area contributed by atoms with Crippen molar-refractivity contribution in [2.75, 3.05) is 13.1 Å². The molecule has 7 heteroatoms. The second-order valence-electron chi connectivity index (χ2n) is 6.38. The fraction of sp³-hybridized carbons (Fsp3) is 0.368. The molecule has 0 radical (unpaired) electrons. The lowest BCUT2D eigenvalue weighted by Gasteiger charge is -2.27. The van der Waals surface area contributed by atoms with Crippen molar-refractivity contribution >= 4 is 41.5 Å². The predicted molar refractivity (Wildman–Crippen MR) is 117 cm³/mol. The molecule has 0 unspecified atom stereocenters. The van der Waals surface area contributed by atoms with E-state index in [1.54, 1.807) is 12.3 Å². The fourth-order valence-electron chi connectivity index (χ4n) is 2.43. The monoisotopic (exact) mass is 490 g/mol. The molecule has 2 N–H and O–H groups in total. The maximum absolute atomic E-state index is 13.3. The van der Waals surface area contributed by atoms with E-state index >= 15 is 0 Å². The van der Waals surface area contributed by atoms with Crippen molar-refractivity contribution in [1.29, 1.82) is 0 Å². The third kappa shape index (κ3) is 6.72. The van der Waals surface area contributed by atoms with Crippen LogP contribution < -0.4 is 10.6 Å². The number of aromatic nitrogens is 1. The van der Waals surface area contributed by atoms with Crippen LogP contribution in [0.15, 0.2) is 47.6 Å². The highest BCUT2D eigenvalue weighted by Gasteiger charge is 2.24. The van der Waals surface area contributed by atoms with Gasteiger partial charge >= 0.3 is 0 Å². The molecular weight excluding hydrogens is 466 g/mol. The molecule has 0 bridgehead atoms. The van der Waals surface area contributed by atoms with Gasteiger partial charge in [0.1, 0.15) is 5.82 Å². The Kier molecular flexibility index (Phi) is 9.29. The maximum Gasteiger partial charge on any atom is 0.191 e. The molecule has 26 heavy (non-hydrogen) atoms. The van der Waals surface area contributed by atoms with Crippen LogP contribution in [0.2, 0.25) is 5.02 Å². The lowest BCUT2D eigenvalue weighted by molar-refractivity contribution is 0.507. The number of rotatable bonds is 6. The largest absolute Gasteiger partial charge is 0.357 e. The van der Waals surface area contributed by atoms with Crippen LogP contribution >= 0.6 is 35.6 Å². The van der Waals surface area contributed by atoms with E-state index in [0.717, 1.165) is 17.8 Å². The summed E-state index contributed by atoms with van der Waals surface area (Å²) in [5.74, 6) is 0.377. The summed E-state index contributed by atoms with van der Waals surface area (Å²) in [5.41, 5.74) is 1.51. The molecule has 0 amide bonds. The zero-order chi connectivity index (χ0) is 18.3. The van der Waals surface area contributed by atoms with Gasteiger partial charge in [-0.1, -0.05) is 37.6 Å². The number of hydrogen-bond acceptors (Lipinski definition) is 2. The van der Waals surface area contributed by atoms with Gasteiger partial charge in [0.15, 0.2) is 5.96 Å². The summed E-state index contributed by atoms with van der Waals surface area (Å²) in [4.78, 5) is 8.83. The number of aliphatic imine (C=N–C) groups is 1. The van der Waals surface area contributed by atoms with E-state index in [9.17, 15) is 4.39 Å². The van der Waals surface area contributed by atoms with Crippen LogP contribution in [0.5, 0.6) is 0 Å². The number of halogens is 3. The summed E-state index contributed by atoms with van der Waals surface area (Å²) in [6, 6.07) is 10.3. The van der Waals surface area contributed by atoms with E-state index in [1.165, 1.54) is 12.1 Å². The van der Waals surface area contributed by atoms with E-state index in [1.807, 2.05) is 25.1 Å². The minimum absolute atomic E-state index is 0. The van der Waals surface area contributed by atoms with Crippen molar-refractivity contribution in [2.24, 2.45) is 4.99 Å². The Morgan fingerprint density at radius 2 is 2.00 bits per heavy atom. The lowest BCUT2D eigenvalue weighted by atomic mass is 9.84. The van der Waals surface area contributed by atoms with Gasteiger partial charge in [-0.25, -0.2) is 9.38 Å². The number of benzene rings is 1. The molecule has 142 valence electrons. The van der Waals surface area contributed by atoms with Crippen molar-refractivity contribution in [3.63, 3.8) is 0 Å². The zero-order valence-electron chi connectivity index (χ0n) is 15.2. The molecule has 0 saturated carbocycles. The average molecular weight is 491 g/mol. The van der Waals surface area contributed by atoms with Crippen LogP contribution in [0.4, 0.5) is 4.39 Å². The Bertz CT molecular complexity index is 723. The summed E-state index contributed by atoms with van der Waals surface area (Å²) < 4.78 is 13.3. The average Bonchev–Trinajstić information content (AvgIpc) is 2.58. The van der Waals surface area contributed by atoms with E-state index in [4.69, 9.17) is 11.6 Å². The molecule has 0 atom stereocenters. The van der Waals surface area contributed by atoms with Gasteiger partial charge in [-0.2, -0.15) is 0 Å². The van der Waals surface area contributed by atoms with Gasteiger partial charge in [-0.05, 0) is 36.8 Å². The molecule has 1 aromatic heterocycles. The maximum atomic E-state index is 13.3. The summed E-state index contributed by atoms with van der Waals surface area (Å²) in [7, 11) is 0. The van der Waals surface area contributed by atoms with Gasteiger partial charge in [0.05, 0.1) is 12.2 Å². The Balaban J connectivity index is 0.00000338. The molecule has 0 aliphatic heterocycles. The minimum atomic E-state index is -0.331. The zero-order valence-corrected chi connectivity index (χ0v) is 18.3. The molecule has 2 rings (SSSR count). The summed E-state index contributed by atoms with van der Waals surface area (Å²) in [6.07, 6.45) is 1.75. The molecule has 1 aromatic carbocycles. The molecular formula is C19H25ClFIN4. The third-order valence-corrected chi connectivity index (χ3v) is 4.14. The van der Waals surface area contributed by atoms with Crippen molar-refractivity contribution < 1.29 is 4.39 Å². The van der Waals surface area contributed by atoms with E-state index in [0.29, 0.717) is 24.1 Å². The first kappa shape index (κ1) is 22.6. The van der Waals surface area contributed by atoms with Crippen LogP contribution in [-0.4, -0.2) is 24.0 Å². The Labute approximate surface area is 176 Å². The van der Waals surface area contributed by atoms with Gasteiger partial charge in [0.25, 0.3) is 0 Å². The van der Waals surface area contributed by atoms with E-state index < -0.39 is 0 Å². The molecule has 2 aromatic rings. The topological polar surface area (TPSA) is 49.3 Å². The molecule has 0 aliphatic carbocycles. The van der Waals surface area contributed by atoms with Gasteiger partial charge in [0.2, 0.25) is 0 Å². The highest BCUT2D eigenvalue weighted by atomic mass is 127. The number of guanidine groups is 1. The lowest BCUT2D eigenvalue weighted by Crippen LogP contribution is -2.43. The number of nitrogens with zero attached hydrogens (tertiary/aromatic N) is 2. The van der Waals surface area contributed by atoms with E-state index in [-0.39, 0.29) is 35.2 Å². The quantitative estimate of drug-likeness (QED) is 0.355.